The summed E-state index contributed by atoms with van der Waals surface area (Å²) in [6.07, 6.45) is 3.80. The molecule has 2 rings (SSSR count). The Hall–Kier alpha value is -1.13. The lowest BCUT2D eigenvalue weighted by atomic mass is 10.0. The smallest absolute Gasteiger partial charge is 0.131 e. The van der Waals surface area contributed by atoms with Crippen LogP contribution in [0.1, 0.15) is 16.0 Å². The van der Waals surface area contributed by atoms with Gasteiger partial charge in [-0.2, -0.15) is 0 Å². The van der Waals surface area contributed by atoms with Gasteiger partial charge in [0, 0.05) is 18.0 Å². The summed E-state index contributed by atoms with van der Waals surface area (Å²) in [5, 5.41) is 0.572. The maximum Gasteiger partial charge on any atom is 0.131 e. The van der Waals surface area contributed by atoms with Crippen molar-refractivity contribution in [3.63, 3.8) is 0 Å². The van der Waals surface area contributed by atoms with Gasteiger partial charge in [0.1, 0.15) is 11.6 Å². The SMILES string of the molecule is COc1cccc(F)c1C(Br)Cc1ccncc1Cl. The molecule has 2 aromatic rings. The van der Waals surface area contributed by atoms with Crippen LogP contribution in [0.2, 0.25) is 5.02 Å². The number of hydrogen-bond donors (Lipinski definition) is 0. The molecule has 0 aliphatic rings. The first-order valence-corrected chi connectivity index (χ1v) is 6.97. The highest BCUT2D eigenvalue weighted by Crippen LogP contribution is 2.36. The Morgan fingerprint density at radius 1 is 1.42 bits per heavy atom. The average Bonchev–Trinajstić information content (AvgIpc) is 2.40. The summed E-state index contributed by atoms with van der Waals surface area (Å²) in [5.41, 5.74) is 1.40. The van der Waals surface area contributed by atoms with Gasteiger partial charge in [0.05, 0.1) is 17.0 Å². The molecule has 0 spiro atoms. The first-order valence-electron chi connectivity index (χ1n) is 5.68. The topological polar surface area (TPSA) is 22.1 Å². The number of pyridine rings is 1. The van der Waals surface area contributed by atoms with Gasteiger partial charge in [-0.15, -0.1) is 0 Å². The second-order valence-corrected chi connectivity index (χ2v) is 5.51. The standard InChI is InChI=1S/C14H12BrClFNO/c1-19-13-4-2-3-12(17)14(13)10(15)7-9-5-6-18-8-11(9)16/h2-6,8,10H,7H2,1H3. The minimum absolute atomic E-state index is 0.219. The predicted octanol–water partition coefficient (Wildman–Crippen LogP) is 4.56. The molecule has 0 saturated carbocycles. The summed E-state index contributed by atoms with van der Waals surface area (Å²) in [5.74, 6) is 0.221. The van der Waals surface area contributed by atoms with E-state index in [1.165, 1.54) is 13.2 Å². The molecule has 0 N–H and O–H groups in total. The molecule has 0 fully saturated rings. The molecule has 19 heavy (non-hydrogen) atoms. The Morgan fingerprint density at radius 3 is 2.89 bits per heavy atom. The molecule has 0 aliphatic carbocycles. The fourth-order valence-electron chi connectivity index (χ4n) is 1.86. The van der Waals surface area contributed by atoms with Crippen LogP contribution in [-0.4, -0.2) is 12.1 Å². The molecule has 5 heteroatoms. The molecule has 0 bridgehead atoms. The molecule has 2 nitrogen and oxygen atoms in total. The van der Waals surface area contributed by atoms with Crippen LogP contribution < -0.4 is 4.74 Å². The van der Waals surface area contributed by atoms with E-state index in [1.54, 1.807) is 24.5 Å². The Morgan fingerprint density at radius 2 is 2.21 bits per heavy atom. The molecule has 0 radical (unpaired) electrons. The monoisotopic (exact) mass is 343 g/mol. The Labute approximate surface area is 124 Å². The highest BCUT2D eigenvalue weighted by molar-refractivity contribution is 9.09. The van der Waals surface area contributed by atoms with Gasteiger partial charge < -0.3 is 4.74 Å². The molecular weight excluding hydrogens is 333 g/mol. The maximum atomic E-state index is 13.9. The van der Waals surface area contributed by atoms with E-state index in [-0.39, 0.29) is 10.6 Å². The second-order valence-electron chi connectivity index (χ2n) is 3.99. The summed E-state index contributed by atoms with van der Waals surface area (Å²) < 4.78 is 19.1. The summed E-state index contributed by atoms with van der Waals surface area (Å²) in [7, 11) is 1.53. The van der Waals surface area contributed by atoms with E-state index in [0.29, 0.717) is 22.8 Å². The fourth-order valence-corrected chi connectivity index (χ4v) is 2.85. The van der Waals surface area contributed by atoms with Crippen LogP contribution in [0.4, 0.5) is 4.39 Å². The quantitative estimate of drug-likeness (QED) is 0.759. The van der Waals surface area contributed by atoms with E-state index in [9.17, 15) is 4.39 Å². The van der Waals surface area contributed by atoms with Crippen molar-refractivity contribution in [2.24, 2.45) is 0 Å². The number of rotatable bonds is 4. The third-order valence-electron chi connectivity index (χ3n) is 2.80. The van der Waals surface area contributed by atoms with Crippen LogP contribution in [-0.2, 0) is 6.42 Å². The summed E-state index contributed by atoms with van der Waals surface area (Å²) in [4.78, 5) is 3.71. The first kappa shape index (κ1) is 14.3. The van der Waals surface area contributed by atoms with Crippen LogP contribution in [0.25, 0.3) is 0 Å². The number of hydrogen-bond acceptors (Lipinski definition) is 2. The molecule has 1 heterocycles. The molecule has 0 amide bonds. The van der Waals surface area contributed by atoms with Gasteiger partial charge in [0.25, 0.3) is 0 Å². The van der Waals surface area contributed by atoms with Gasteiger partial charge in [-0.3, -0.25) is 4.98 Å². The third-order valence-corrected chi connectivity index (χ3v) is 3.92. The number of nitrogens with zero attached hydrogens (tertiary/aromatic N) is 1. The van der Waals surface area contributed by atoms with Crippen molar-refractivity contribution in [1.82, 2.24) is 4.98 Å². The van der Waals surface area contributed by atoms with Crippen molar-refractivity contribution < 1.29 is 9.13 Å². The number of benzene rings is 1. The zero-order chi connectivity index (χ0) is 13.8. The molecule has 1 aromatic heterocycles. The molecule has 0 saturated heterocycles. The lowest BCUT2D eigenvalue weighted by molar-refractivity contribution is 0.404. The van der Waals surface area contributed by atoms with E-state index >= 15 is 0 Å². The van der Waals surface area contributed by atoms with Crippen LogP contribution in [0.3, 0.4) is 0 Å². The van der Waals surface area contributed by atoms with Crippen LogP contribution >= 0.6 is 27.5 Å². The number of methoxy groups -OCH3 is 1. The van der Waals surface area contributed by atoms with Crippen molar-refractivity contribution in [2.75, 3.05) is 7.11 Å². The van der Waals surface area contributed by atoms with Gasteiger partial charge in [-0.1, -0.05) is 33.6 Å². The van der Waals surface area contributed by atoms with E-state index in [2.05, 4.69) is 20.9 Å². The van der Waals surface area contributed by atoms with Crippen molar-refractivity contribution in [1.29, 1.82) is 0 Å². The van der Waals surface area contributed by atoms with Gasteiger partial charge >= 0.3 is 0 Å². The summed E-state index contributed by atoms with van der Waals surface area (Å²) >= 11 is 9.56. The minimum Gasteiger partial charge on any atom is -0.496 e. The van der Waals surface area contributed by atoms with Gasteiger partial charge in [0.2, 0.25) is 0 Å². The fraction of sp³-hybridized carbons (Fsp3) is 0.214. The molecule has 0 aliphatic heterocycles. The van der Waals surface area contributed by atoms with Crippen molar-refractivity contribution in [3.05, 3.63) is 58.6 Å². The number of ether oxygens (including phenoxy) is 1. The second kappa shape index (κ2) is 6.35. The molecule has 1 unspecified atom stereocenters. The minimum atomic E-state index is -0.300. The summed E-state index contributed by atoms with van der Waals surface area (Å²) in [6.45, 7) is 0. The zero-order valence-corrected chi connectivity index (χ0v) is 12.6. The lowest BCUT2D eigenvalue weighted by Crippen LogP contribution is -2.02. The van der Waals surface area contributed by atoms with Gasteiger partial charge in [-0.25, -0.2) is 4.39 Å². The summed E-state index contributed by atoms with van der Waals surface area (Å²) in [6, 6.07) is 6.60. The largest absolute Gasteiger partial charge is 0.496 e. The van der Waals surface area contributed by atoms with E-state index in [1.807, 2.05) is 6.07 Å². The molecule has 100 valence electrons. The Kier molecular flexibility index (Phi) is 4.77. The molecule has 1 aromatic carbocycles. The van der Waals surface area contributed by atoms with Crippen LogP contribution in [0.15, 0.2) is 36.7 Å². The van der Waals surface area contributed by atoms with Crippen molar-refractivity contribution >= 4 is 27.5 Å². The average molecular weight is 345 g/mol. The van der Waals surface area contributed by atoms with E-state index < -0.39 is 0 Å². The normalized spacial score (nSPS) is 12.2. The molecular formula is C14H12BrClFNO. The van der Waals surface area contributed by atoms with Gasteiger partial charge in [0.15, 0.2) is 0 Å². The predicted molar refractivity (Wildman–Crippen MR) is 77.6 cm³/mol. The van der Waals surface area contributed by atoms with E-state index in [4.69, 9.17) is 16.3 Å². The highest BCUT2D eigenvalue weighted by atomic mass is 79.9. The molecule has 1 atom stereocenters. The van der Waals surface area contributed by atoms with Crippen LogP contribution in [0.5, 0.6) is 5.75 Å². The van der Waals surface area contributed by atoms with E-state index in [0.717, 1.165) is 5.56 Å². The van der Waals surface area contributed by atoms with Gasteiger partial charge in [-0.05, 0) is 30.2 Å². The Bertz CT molecular complexity index is 579. The number of aromatic nitrogens is 1. The number of halogens is 3. The van der Waals surface area contributed by atoms with Crippen molar-refractivity contribution in [2.45, 2.75) is 11.2 Å². The van der Waals surface area contributed by atoms with Crippen molar-refractivity contribution in [3.8, 4) is 5.75 Å². The van der Waals surface area contributed by atoms with Crippen LogP contribution in [0, 0.1) is 5.82 Å². The first-order chi connectivity index (χ1) is 9.13. The lowest BCUT2D eigenvalue weighted by Gasteiger charge is -2.15. The zero-order valence-electron chi connectivity index (χ0n) is 10.2. The Balaban J connectivity index is 2.30. The third kappa shape index (κ3) is 3.25. The highest BCUT2D eigenvalue weighted by Gasteiger charge is 2.19. The maximum absolute atomic E-state index is 13.9. The number of alkyl halides is 1.